The molecule has 0 bridgehead atoms. The molecule has 2 aromatic carbocycles. The molecule has 1 N–H and O–H groups in total. The van der Waals surface area contributed by atoms with Gasteiger partial charge in [0, 0.05) is 12.3 Å². The van der Waals surface area contributed by atoms with E-state index in [0.29, 0.717) is 28.1 Å². The summed E-state index contributed by atoms with van der Waals surface area (Å²) in [4.78, 5) is 11.9. The van der Waals surface area contributed by atoms with Gasteiger partial charge in [-0.25, -0.2) is 0 Å². The van der Waals surface area contributed by atoms with Crippen molar-refractivity contribution in [1.82, 2.24) is 5.32 Å². The summed E-state index contributed by atoms with van der Waals surface area (Å²) in [5, 5.41) is 3.97. The fraction of sp³-hybridized carbons (Fsp3) is 0.235. The lowest BCUT2D eigenvalue weighted by atomic mass is 10.2. The van der Waals surface area contributed by atoms with Crippen LogP contribution in [0.3, 0.4) is 0 Å². The van der Waals surface area contributed by atoms with Crippen molar-refractivity contribution < 1.29 is 9.53 Å². The van der Waals surface area contributed by atoms with Crippen molar-refractivity contribution in [3.8, 4) is 5.75 Å². The maximum absolute atomic E-state index is 11.9. The highest BCUT2D eigenvalue weighted by molar-refractivity contribution is 7.99. The van der Waals surface area contributed by atoms with Crippen LogP contribution in [0.25, 0.3) is 0 Å². The van der Waals surface area contributed by atoms with Gasteiger partial charge in [-0.3, -0.25) is 4.79 Å². The molecule has 0 aliphatic rings. The molecule has 2 rings (SSSR count). The number of rotatable bonds is 7. The van der Waals surface area contributed by atoms with E-state index >= 15 is 0 Å². The zero-order chi connectivity index (χ0) is 16.7. The van der Waals surface area contributed by atoms with E-state index in [1.807, 2.05) is 36.4 Å². The number of hydrogen-bond donors (Lipinski definition) is 1. The van der Waals surface area contributed by atoms with Gasteiger partial charge in [0.15, 0.2) is 0 Å². The second-order valence-corrected chi connectivity index (χ2v) is 6.67. The first-order valence-corrected chi connectivity index (χ1v) is 8.91. The minimum Gasteiger partial charge on any atom is -0.497 e. The van der Waals surface area contributed by atoms with E-state index in [1.54, 1.807) is 13.2 Å². The summed E-state index contributed by atoms with van der Waals surface area (Å²) < 4.78 is 5.16. The highest BCUT2D eigenvalue weighted by Gasteiger charge is 2.04. The van der Waals surface area contributed by atoms with Crippen LogP contribution in [0.2, 0.25) is 10.0 Å². The summed E-state index contributed by atoms with van der Waals surface area (Å²) in [6.45, 7) is 0.489. The Kier molecular flexibility index (Phi) is 7.09. The molecule has 23 heavy (non-hydrogen) atoms. The molecule has 0 radical (unpaired) electrons. The van der Waals surface area contributed by atoms with E-state index in [9.17, 15) is 4.79 Å². The van der Waals surface area contributed by atoms with Crippen molar-refractivity contribution in [2.75, 3.05) is 12.9 Å². The standard InChI is InChI=1S/C17H17Cl2NO2S/c1-22-14-4-2-3-12(7-14)9-20-17(21)11-23-10-13-5-6-15(18)16(19)8-13/h2-8H,9-11H2,1H3,(H,20,21). The fourth-order valence-electron chi connectivity index (χ4n) is 1.93. The third kappa shape index (κ3) is 5.98. The quantitative estimate of drug-likeness (QED) is 0.777. The van der Waals surface area contributed by atoms with Crippen molar-refractivity contribution in [3.63, 3.8) is 0 Å². The Morgan fingerprint density at radius 2 is 1.96 bits per heavy atom. The SMILES string of the molecule is COc1cccc(CNC(=O)CSCc2ccc(Cl)c(Cl)c2)c1. The molecular formula is C17H17Cl2NO2S. The average molecular weight is 370 g/mol. The Labute approximate surface area is 150 Å². The lowest BCUT2D eigenvalue weighted by Crippen LogP contribution is -2.24. The van der Waals surface area contributed by atoms with Crippen molar-refractivity contribution >= 4 is 40.9 Å². The number of ether oxygens (including phenoxy) is 1. The van der Waals surface area contributed by atoms with E-state index in [2.05, 4.69) is 5.32 Å². The highest BCUT2D eigenvalue weighted by Crippen LogP contribution is 2.24. The first kappa shape index (κ1) is 18.0. The van der Waals surface area contributed by atoms with Gasteiger partial charge < -0.3 is 10.1 Å². The number of hydrogen-bond acceptors (Lipinski definition) is 3. The van der Waals surface area contributed by atoms with E-state index in [1.165, 1.54) is 11.8 Å². The number of halogens is 2. The molecule has 0 saturated heterocycles. The molecule has 0 unspecified atom stereocenters. The predicted molar refractivity (Wildman–Crippen MR) is 97.5 cm³/mol. The van der Waals surface area contributed by atoms with Crippen LogP contribution in [0.15, 0.2) is 42.5 Å². The smallest absolute Gasteiger partial charge is 0.230 e. The Hall–Kier alpha value is -1.36. The molecule has 0 heterocycles. The zero-order valence-electron chi connectivity index (χ0n) is 12.6. The molecule has 2 aromatic rings. The summed E-state index contributed by atoms with van der Waals surface area (Å²) >= 11 is 13.4. The highest BCUT2D eigenvalue weighted by atomic mass is 35.5. The summed E-state index contributed by atoms with van der Waals surface area (Å²) in [5.74, 6) is 1.89. The maximum Gasteiger partial charge on any atom is 0.230 e. The average Bonchev–Trinajstić information content (AvgIpc) is 2.56. The van der Waals surface area contributed by atoms with Crippen LogP contribution in [-0.2, 0) is 17.1 Å². The number of benzene rings is 2. The van der Waals surface area contributed by atoms with Gasteiger partial charge in [0.05, 0.1) is 22.9 Å². The third-order valence-electron chi connectivity index (χ3n) is 3.11. The van der Waals surface area contributed by atoms with Crippen molar-refractivity contribution in [3.05, 3.63) is 63.6 Å². The van der Waals surface area contributed by atoms with Crippen LogP contribution in [0, 0.1) is 0 Å². The van der Waals surface area contributed by atoms with Gasteiger partial charge in [-0.05, 0) is 35.4 Å². The molecule has 6 heteroatoms. The number of methoxy groups -OCH3 is 1. The zero-order valence-corrected chi connectivity index (χ0v) is 15.0. The maximum atomic E-state index is 11.9. The normalized spacial score (nSPS) is 10.4. The number of carbonyl (C=O) groups is 1. The van der Waals surface area contributed by atoms with E-state index < -0.39 is 0 Å². The summed E-state index contributed by atoms with van der Waals surface area (Å²) in [6.07, 6.45) is 0. The van der Waals surface area contributed by atoms with Crippen molar-refractivity contribution in [2.24, 2.45) is 0 Å². The minimum absolute atomic E-state index is 0.00196. The minimum atomic E-state index is -0.00196. The Morgan fingerprint density at radius 1 is 1.13 bits per heavy atom. The fourth-order valence-corrected chi connectivity index (χ4v) is 3.05. The summed E-state index contributed by atoms with van der Waals surface area (Å²) in [5.41, 5.74) is 2.05. The van der Waals surface area contributed by atoms with Gasteiger partial charge in [0.2, 0.25) is 5.91 Å². The van der Waals surface area contributed by atoms with Crippen molar-refractivity contribution in [2.45, 2.75) is 12.3 Å². The van der Waals surface area contributed by atoms with Gasteiger partial charge in [0.1, 0.15) is 5.75 Å². The molecule has 0 spiro atoms. The molecular weight excluding hydrogens is 353 g/mol. The number of nitrogens with one attached hydrogen (secondary N) is 1. The molecule has 0 aliphatic carbocycles. The van der Waals surface area contributed by atoms with Crippen LogP contribution in [0.5, 0.6) is 5.75 Å². The third-order valence-corrected chi connectivity index (χ3v) is 4.85. The van der Waals surface area contributed by atoms with Gasteiger partial charge >= 0.3 is 0 Å². The van der Waals surface area contributed by atoms with Crippen LogP contribution in [0.1, 0.15) is 11.1 Å². The second kappa shape index (κ2) is 9.06. The van der Waals surface area contributed by atoms with Crippen LogP contribution < -0.4 is 10.1 Å². The van der Waals surface area contributed by atoms with Gasteiger partial charge in [0.25, 0.3) is 0 Å². The van der Waals surface area contributed by atoms with Gasteiger partial charge in [-0.1, -0.05) is 41.4 Å². The monoisotopic (exact) mass is 369 g/mol. The topological polar surface area (TPSA) is 38.3 Å². The first-order valence-electron chi connectivity index (χ1n) is 7.00. The summed E-state index contributed by atoms with van der Waals surface area (Å²) in [6, 6.07) is 13.1. The largest absolute Gasteiger partial charge is 0.497 e. The molecule has 0 atom stereocenters. The lowest BCUT2D eigenvalue weighted by Gasteiger charge is -2.07. The Balaban J connectivity index is 1.73. The molecule has 3 nitrogen and oxygen atoms in total. The van der Waals surface area contributed by atoms with E-state index in [0.717, 1.165) is 16.9 Å². The second-order valence-electron chi connectivity index (χ2n) is 4.87. The van der Waals surface area contributed by atoms with Gasteiger partial charge in [-0.15, -0.1) is 11.8 Å². The van der Waals surface area contributed by atoms with Crippen LogP contribution in [-0.4, -0.2) is 18.8 Å². The molecule has 0 saturated carbocycles. The Bertz CT molecular complexity index is 679. The van der Waals surface area contributed by atoms with Crippen molar-refractivity contribution in [1.29, 1.82) is 0 Å². The van der Waals surface area contributed by atoms with Crippen LogP contribution >= 0.6 is 35.0 Å². The molecule has 0 aromatic heterocycles. The van der Waals surface area contributed by atoms with E-state index in [-0.39, 0.29) is 5.91 Å². The van der Waals surface area contributed by atoms with Gasteiger partial charge in [-0.2, -0.15) is 0 Å². The van der Waals surface area contributed by atoms with E-state index in [4.69, 9.17) is 27.9 Å². The molecule has 1 amide bonds. The summed E-state index contributed by atoms with van der Waals surface area (Å²) in [7, 11) is 1.62. The molecule has 0 aliphatic heterocycles. The van der Waals surface area contributed by atoms with Crippen LogP contribution in [0.4, 0.5) is 0 Å². The number of amides is 1. The Morgan fingerprint density at radius 3 is 2.70 bits per heavy atom. The number of carbonyl (C=O) groups excluding carboxylic acids is 1. The lowest BCUT2D eigenvalue weighted by molar-refractivity contribution is -0.118. The first-order chi connectivity index (χ1) is 11.1. The molecule has 122 valence electrons. The predicted octanol–water partition coefficient (Wildman–Crippen LogP) is 4.55. The molecule has 0 fully saturated rings. The number of thioether (sulfide) groups is 1.